The van der Waals surface area contributed by atoms with Crippen LogP contribution < -0.4 is 4.74 Å². The summed E-state index contributed by atoms with van der Waals surface area (Å²) >= 11 is 0. The predicted octanol–water partition coefficient (Wildman–Crippen LogP) is 3.42. The normalized spacial score (nSPS) is 13.9. The molecule has 0 unspecified atom stereocenters. The zero-order valence-corrected chi connectivity index (χ0v) is 10.6. The Morgan fingerprint density at radius 3 is 2.37 bits per heavy atom. The summed E-state index contributed by atoms with van der Waals surface area (Å²) in [6.07, 6.45) is 0. The molecule has 2 aromatic carbocycles. The van der Waals surface area contributed by atoms with Crippen LogP contribution in [0.3, 0.4) is 0 Å². The lowest BCUT2D eigenvalue weighted by molar-refractivity contribution is 0.363. The quantitative estimate of drug-likeness (QED) is 0.819. The van der Waals surface area contributed by atoms with E-state index in [2.05, 4.69) is 0 Å². The summed E-state index contributed by atoms with van der Waals surface area (Å²) in [6.45, 7) is 2.51. The van der Waals surface area contributed by atoms with E-state index in [1.54, 1.807) is 30.3 Å². The van der Waals surface area contributed by atoms with Gasteiger partial charge in [0.25, 0.3) is 0 Å². The molecular weight excluding hydrogens is 240 g/mol. The molecule has 0 saturated heterocycles. The van der Waals surface area contributed by atoms with E-state index in [-0.39, 0.29) is 11.5 Å². The monoisotopic (exact) mass is 254 g/mol. The maximum atomic E-state index is 9.59. The first-order valence-electron chi connectivity index (χ1n) is 6.10. The molecule has 1 aliphatic heterocycles. The minimum atomic E-state index is 0.230. The Balaban J connectivity index is 2.12. The van der Waals surface area contributed by atoms with Crippen molar-refractivity contribution in [2.75, 3.05) is 6.61 Å². The maximum Gasteiger partial charge on any atom is 0.127 e. The first-order valence-corrected chi connectivity index (χ1v) is 6.10. The third kappa shape index (κ3) is 2.03. The van der Waals surface area contributed by atoms with Gasteiger partial charge in [-0.05, 0) is 48.4 Å². The number of phenolic OH excluding ortho intramolecular Hbond substituents is 2. The number of hydrogen-bond donors (Lipinski definition) is 2. The second-order valence-electron chi connectivity index (χ2n) is 4.62. The van der Waals surface area contributed by atoms with Crippen LogP contribution in [0.5, 0.6) is 17.2 Å². The van der Waals surface area contributed by atoms with E-state index < -0.39 is 0 Å². The van der Waals surface area contributed by atoms with Gasteiger partial charge in [0.1, 0.15) is 23.9 Å². The zero-order valence-electron chi connectivity index (χ0n) is 10.6. The minimum absolute atomic E-state index is 0.230. The van der Waals surface area contributed by atoms with E-state index in [4.69, 9.17) is 4.74 Å². The Hall–Kier alpha value is -2.42. The molecule has 3 nitrogen and oxygen atoms in total. The fourth-order valence-corrected chi connectivity index (χ4v) is 2.32. The van der Waals surface area contributed by atoms with Crippen molar-refractivity contribution < 1.29 is 14.9 Å². The number of hydrogen-bond acceptors (Lipinski definition) is 3. The van der Waals surface area contributed by atoms with E-state index in [1.807, 2.05) is 19.1 Å². The van der Waals surface area contributed by atoms with Crippen molar-refractivity contribution >= 4 is 11.1 Å². The SMILES string of the molecule is CC1=C(c2ccc(O)cc2)COc2ccc(O)cc21. The van der Waals surface area contributed by atoms with Crippen molar-refractivity contribution in [3.05, 3.63) is 53.6 Å². The molecule has 0 fully saturated rings. The lowest BCUT2D eigenvalue weighted by Crippen LogP contribution is -2.09. The van der Waals surface area contributed by atoms with Gasteiger partial charge in [-0.2, -0.15) is 0 Å². The maximum absolute atomic E-state index is 9.59. The molecule has 2 N–H and O–H groups in total. The molecule has 1 aliphatic rings. The van der Waals surface area contributed by atoms with Gasteiger partial charge in [0.15, 0.2) is 0 Å². The third-order valence-electron chi connectivity index (χ3n) is 3.41. The number of fused-ring (bicyclic) bond motifs is 1. The van der Waals surface area contributed by atoms with Crippen LogP contribution in [0.15, 0.2) is 42.5 Å². The van der Waals surface area contributed by atoms with Crippen molar-refractivity contribution in [1.82, 2.24) is 0 Å². The van der Waals surface area contributed by atoms with E-state index in [1.165, 1.54) is 0 Å². The Bertz CT molecular complexity index is 654. The number of rotatable bonds is 1. The smallest absolute Gasteiger partial charge is 0.127 e. The molecule has 0 radical (unpaired) electrons. The van der Waals surface area contributed by atoms with Gasteiger partial charge in [-0.15, -0.1) is 0 Å². The van der Waals surface area contributed by atoms with Crippen LogP contribution in [-0.2, 0) is 0 Å². The number of phenols is 2. The average molecular weight is 254 g/mol. The summed E-state index contributed by atoms with van der Waals surface area (Å²) in [5, 5.41) is 18.9. The molecule has 96 valence electrons. The number of ether oxygens (including phenoxy) is 1. The topological polar surface area (TPSA) is 49.7 Å². The van der Waals surface area contributed by atoms with Crippen LogP contribution in [0.25, 0.3) is 11.1 Å². The third-order valence-corrected chi connectivity index (χ3v) is 3.41. The fourth-order valence-electron chi connectivity index (χ4n) is 2.32. The average Bonchev–Trinajstić information content (AvgIpc) is 2.41. The highest BCUT2D eigenvalue weighted by molar-refractivity contribution is 5.93. The van der Waals surface area contributed by atoms with Crippen molar-refractivity contribution in [3.8, 4) is 17.2 Å². The molecule has 1 heterocycles. The first kappa shape index (κ1) is 11.7. The largest absolute Gasteiger partial charge is 0.508 e. The van der Waals surface area contributed by atoms with Gasteiger partial charge in [0, 0.05) is 11.1 Å². The molecule has 0 spiro atoms. The van der Waals surface area contributed by atoms with Crippen molar-refractivity contribution in [1.29, 1.82) is 0 Å². The zero-order chi connectivity index (χ0) is 13.4. The molecule has 0 atom stereocenters. The van der Waals surface area contributed by atoms with Gasteiger partial charge >= 0.3 is 0 Å². The lowest BCUT2D eigenvalue weighted by Gasteiger charge is -2.22. The summed E-state index contributed by atoms with van der Waals surface area (Å²) in [5.41, 5.74) is 4.08. The predicted molar refractivity (Wildman–Crippen MR) is 74.2 cm³/mol. The van der Waals surface area contributed by atoms with E-state index >= 15 is 0 Å². The highest BCUT2D eigenvalue weighted by atomic mass is 16.5. The Kier molecular flexibility index (Phi) is 2.67. The molecule has 0 saturated carbocycles. The van der Waals surface area contributed by atoms with Crippen LogP contribution in [-0.4, -0.2) is 16.8 Å². The summed E-state index contributed by atoms with van der Waals surface area (Å²) < 4.78 is 5.71. The summed E-state index contributed by atoms with van der Waals surface area (Å²) in [5.74, 6) is 1.27. The van der Waals surface area contributed by atoms with Gasteiger partial charge in [-0.1, -0.05) is 12.1 Å². The number of benzene rings is 2. The molecule has 3 rings (SSSR count). The van der Waals surface area contributed by atoms with Gasteiger partial charge in [-0.25, -0.2) is 0 Å². The van der Waals surface area contributed by atoms with E-state index in [9.17, 15) is 10.2 Å². The number of allylic oxidation sites excluding steroid dienone is 1. The molecule has 0 amide bonds. The second kappa shape index (κ2) is 4.35. The van der Waals surface area contributed by atoms with Crippen molar-refractivity contribution in [3.63, 3.8) is 0 Å². The summed E-state index contributed by atoms with van der Waals surface area (Å²) in [4.78, 5) is 0. The van der Waals surface area contributed by atoms with Crippen LogP contribution in [0, 0.1) is 0 Å². The molecule has 0 aliphatic carbocycles. The molecule has 0 aromatic heterocycles. The van der Waals surface area contributed by atoms with Crippen LogP contribution in [0.2, 0.25) is 0 Å². The van der Waals surface area contributed by atoms with Gasteiger partial charge in [0.2, 0.25) is 0 Å². The lowest BCUT2D eigenvalue weighted by atomic mass is 9.93. The van der Waals surface area contributed by atoms with Crippen molar-refractivity contribution in [2.45, 2.75) is 6.92 Å². The van der Waals surface area contributed by atoms with Crippen LogP contribution in [0.1, 0.15) is 18.1 Å². The van der Waals surface area contributed by atoms with Gasteiger partial charge in [-0.3, -0.25) is 0 Å². The highest BCUT2D eigenvalue weighted by Gasteiger charge is 2.18. The molecule has 19 heavy (non-hydrogen) atoms. The van der Waals surface area contributed by atoms with Gasteiger partial charge in [0.05, 0.1) is 0 Å². The highest BCUT2D eigenvalue weighted by Crippen LogP contribution is 2.38. The van der Waals surface area contributed by atoms with E-state index in [0.29, 0.717) is 6.61 Å². The Morgan fingerprint density at radius 2 is 1.63 bits per heavy atom. The molecular formula is C16H14O3. The molecule has 3 heteroatoms. The second-order valence-corrected chi connectivity index (χ2v) is 4.62. The van der Waals surface area contributed by atoms with Crippen LogP contribution in [0.4, 0.5) is 0 Å². The van der Waals surface area contributed by atoms with Crippen LogP contribution >= 0.6 is 0 Å². The fraction of sp³-hybridized carbons (Fsp3) is 0.125. The standard InChI is InChI=1S/C16H14O3/c1-10-14-8-13(18)6-7-16(14)19-9-15(10)11-2-4-12(17)5-3-11/h2-8,17-18H,9H2,1H3. The first-order chi connectivity index (χ1) is 9.15. The Morgan fingerprint density at radius 1 is 0.947 bits per heavy atom. The van der Waals surface area contributed by atoms with Gasteiger partial charge < -0.3 is 14.9 Å². The molecule has 2 aromatic rings. The summed E-state index contributed by atoms with van der Waals surface area (Å²) in [6, 6.07) is 12.2. The number of aromatic hydroxyl groups is 2. The Labute approximate surface area is 111 Å². The van der Waals surface area contributed by atoms with Crippen molar-refractivity contribution in [2.24, 2.45) is 0 Å². The summed E-state index contributed by atoms with van der Waals surface area (Å²) in [7, 11) is 0. The van der Waals surface area contributed by atoms with E-state index in [0.717, 1.165) is 28.0 Å². The molecule has 0 bridgehead atoms. The minimum Gasteiger partial charge on any atom is -0.508 e.